The fraction of sp³-hybridized carbons (Fsp3) is 0.500. The maximum Gasteiger partial charge on any atom is 0.411 e. The van der Waals surface area contributed by atoms with Crippen molar-refractivity contribution in [3.63, 3.8) is 0 Å². The van der Waals surface area contributed by atoms with E-state index < -0.39 is 30.1 Å². The van der Waals surface area contributed by atoms with E-state index >= 15 is 0 Å². The highest BCUT2D eigenvalue weighted by Crippen LogP contribution is 2.52. The number of aliphatic hydroxyl groups excluding tert-OH is 1. The smallest absolute Gasteiger partial charge is 0.411 e. The number of rotatable bonds is 7. The molecule has 12 heteroatoms. The van der Waals surface area contributed by atoms with Gasteiger partial charge in [0.2, 0.25) is 15.8 Å². The summed E-state index contributed by atoms with van der Waals surface area (Å²) in [5.74, 6) is -1.72. The number of primary amides is 1. The Bertz CT molecular complexity index is 1170. The van der Waals surface area contributed by atoms with Crippen LogP contribution in [-0.2, 0) is 9.59 Å². The summed E-state index contributed by atoms with van der Waals surface area (Å²) in [5.41, 5.74) is 12.5. The van der Waals surface area contributed by atoms with Gasteiger partial charge in [-0.3, -0.25) is 4.79 Å². The first-order chi connectivity index (χ1) is 15.1. The second kappa shape index (κ2) is 8.18. The van der Waals surface area contributed by atoms with Crippen LogP contribution in [0.5, 0.6) is 0 Å². The van der Waals surface area contributed by atoms with E-state index in [2.05, 4.69) is 0 Å². The standard InChI is InChI=1S/C20H25N5O5S2/c1-8-11(14(19(28)29)25-13(8)12(10(3)26)16(25)27)15-9(2)23-7-24(20(22)30)17(18(23)32-15)31-6-4-5-21/h7-8,10,12-13,26H,4-6,21H2,1-3H3,(H2-,22,28,29,30)/p+1/t8-,10+,12+,13+/m0/s1. The summed E-state index contributed by atoms with van der Waals surface area (Å²) in [6, 6.07) is -0.996. The van der Waals surface area contributed by atoms with E-state index in [9.17, 15) is 24.6 Å². The van der Waals surface area contributed by atoms with Crippen LogP contribution in [0.1, 0.15) is 30.8 Å². The number of fused-ring (bicyclic) bond motifs is 2. The summed E-state index contributed by atoms with van der Waals surface area (Å²) in [6.45, 7) is 5.82. The predicted molar refractivity (Wildman–Crippen MR) is 119 cm³/mol. The van der Waals surface area contributed by atoms with Crippen molar-refractivity contribution in [2.45, 2.75) is 44.4 Å². The second-order valence-corrected chi connectivity index (χ2v) is 10.2. The van der Waals surface area contributed by atoms with Gasteiger partial charge in [0.05, 0.1) is 22.9 Å². The van der Waals surface area contributed by atoms with Crippen molar-refractivity contribution < 1.29 is 29.0 Å². The topological polar surface area (TPSA) is 156 Å². The number of carboxylic acids is 1. The van der Waals surface area contributed by atoms with E-state index in [4.69, 9.17) is 11.5 Å². The average molecular weight is 481 g/mol. The first-order valence-electron chi connectivity index (χ1n) is 10.3. The highest BCUT2D eigenvalue weighted by Gasteiger charge is 2.60. The van der Waals surface area contributed by atoms with Crippen molar-refractivity contribution in [2.24, 2.45) is 23.3 Å². The second-order valence-electron chi connectivity index (χ2n) is 8.13. The van der Waals surface area contributed by atoms with E-state index in [0.29, 0.717) is 22.9 Å². The third-order valence-electron chi connectivity index (χ3n) is 6.18. The molecule has 0 unspecified atom stereocenters. The molecule has 6 N–H and O–H groups in total. The molecule has 2 aliphatic heterocycles. The molecule has 4 heterocycles. The molecular weight excluding hydrogens is 454 g/mol. The zero-order valence-electron chi connectivity index (χ0n) is 17.9. The van der Waals surface area contributed by atoms with Gasteiger partial charge in [0.25, 0.3) is 6.33 Å². The Labute approximate surface area is 192 Å². The van der Waals surface area contributed by atoms with Crippen LogP contribution in [-0.4, -0.2) is 62.0 Å². The normalized spacial score (nSPS) is 23.6. The molecule has 0 saturated carbocycles. The first kappa shape index (κ1) is 22.8. The van der Waals surface area contributed by atoms with Crippen LogP contribution in [0.25, 0.3) is 10.4 Å². The number of nitrogens with two attached hydrogens (primary N) is 2. The average Bonchev–Trinajstić information content (AvgIpc) is 3.30. The number of hydrogen-bond donors (Lipinski definition) is 4. The van der Waals surface area contributed by atoms with Crippen molar-refractivity contribution >= 4 is 51.4 Å². The maximum atomic E-state index is 12.6. The summed E-state index contributed by atoms with van der Waals surface area (Å²) in [7, 11) is 0. The van der Waals surface area contributed by atoms with Crippen molar-refractivity contribution in [3.8, 4) is 0 Å². The number of aryl methyl sites for hydroxylation is 1. The summed E-state index contributed by atoms with van der Waals surface area (Å²) >= 11 is 2.84. The molecule has 4 atom stereocenters. The third kappa shape index (κ3) is 3.16. The minimum atomic E-state index is -1.17. The van der Waals surface area contributed by atoms with E-state index in [-0.39, 0.29) is 17.5 Å². The van der Waals surface area contributed by atoms with E-state index in [1.807, 2.05) is 18.2 Å². The lowest BCUT2D eigenvalue weighted by Gasteiger charge is -2.46. The number of hydrogen-bond acceptors (Lipinski definition) is 7. The van der Waals surface area contributed by atoms with E-state index in [1.54, 1.807) is 13.3 Å². The Kier molecular flexibility index (Phi) is 5.82. The summed E-state index contributed by atoms with van der Waals surface area (Å²) < 4.78 is 3.22. The number of carbonyl (C=O) groups is 3. The Morgan fingerprint density at radius 2 is 2.09 bits per heavy atom. The van der Waals surface area contributed by atoms with Crippen LogP contribution in [0.4, 0.5) is 4.79 Å². The first-order valence-corrected chi connectivity index (χ1v) is 12.1. The van der Waals surface area contributed by atoms with Crippen molar-refractivity contribution in [1.82, 2.24) is 9.47 Å². The largest absolute Gasteiger partial charge is 0.477 e. The number of nitrogens with zero attached hydrogens (tertiary/aromatic N) is 3. The number of imidazole rings is 1. The van der Waals surface area contributed by atoms with Crippen LogP contribution >= 0.6 is 23.1 Å². The molecule has 172 valence electrons. The molecule has 1 fully saturated rings. The van der Waals surface area contributed by atoms with Gasteiger partial charge < -0.3 is 26.6 Å². The molecule has 2 aromatic heterocycles. The van der Waals surface area contributed by atoms with Gasteiger partial charge in [-0.15, -0.1) is 4.57 Å². The van der Waals surface area contributed by atoms with Gasteiger partial charge in [0.15, 0.2) is 0 Å². The number of carbonyl (C=O) groups excluding carboxylic acids is 2. The van der Waals surface area contributed by atoms with Gasteiger partial charge >= 0.3 is 12.0 Å². The Morgan fingerprint density at radius 1 is 1.41 bits per heavy atom. The summed E-state index contributed by atoms with van der Waals surface area (Å²) in [6.07, 6.45) is 1.51. The minimum absolute atomic E-state index is 0.0304. The molecule has 0 bridgehead atoms. The predicted octanol–water partition coefficient (Wildman–Crippen LogP) is 0.618. The summed E-state index contributed by atoms with van der Waals surface area (Å²) in [4.78, 5) is 39.7. The highest BCUT2D eigenvalue weighted by molar-refractivity contribution is 7.99. The van der Waals surface area contributed by atoms with E-state index in [1.165, 1.54) is 32.6 Å². The van der Waals surface area contributed by atoms with Gasteiger partial charge in [-0.2, -0.15) is 4.40 Å². The molecule has 1 saturated heterocycles. The van der Waals surface area contributed by atoms with Gasteiger partial charge in [-0.1, -0.05) is 30.0 Å². The number of aliphatic carboxylic acids is 1. The Hall–Kier alpha value is -2.41. The van der Waals surface area contributed by atoms with Gasteiger partial charge in [-0.25, -0.2) is 9.59 Å². The zero-order chi connectivity index (χ0) is 23.5. The number of aromatic nitrogens is 2. The van der Waals surface area contributed by atoms with Crippen LogP contribution in [0, 0.1) is 18.8 Å². The molecule has 4 rings (SSSR count). The fourth-order valence-electron chi connectivity index (χ4n) is 4.69. The minimum Gasteiger partial charge on any atom is -0.477 e. The van der Waals surface area contributed by atoms with Gasteiger partial charge in [0.1, 0.15) is 11.4 Å². The lowest BCUT2D eigenvalue weighted by Crippen LogP contribution is -2.63. The molecule has 10 nitrogen and oxygen atoms in total. The Balaban J connectivity index is 1.86. The number of thioether (sulfide) groups is 1. The Morgan fingerprint density at radius 3 is 2.66 bits per heavy atom. The highest BCUT2D eigenvalue weighted by atomic mass is 32.2. The SMILES string of the molecule is Cc1c(C2=C(C(=O)O)N3C(=O)[C@H]([C@@H](C)O)[C@H]3[C@H]2C)sc2c(SCCCN)n(C(N)=O)c[n+]12. The third-order valence-corrected chi connectivity index (χ3v) is 8.77. The van der Waals surface area contributed by atoms with E-state index in [0.717, 1.165) is 21.8 Å². The lowest BCUT2D eigenvalue weighted by molar-refractivity contribution is -0.515. The zero-order valence-corrected chi connectivity index (χ0v) is 19.6. The quantitative estimate of drug-likeness (QED) is 0.196. The fourth-order valence-corrected chi connectivity index (χ4v) is 7.30. The van der Waals surface area contributed by atoms with Crippen molar-refractivity contribution in [1.29, 1.82) is 0 Å². The van der Waals surface area contributed by atoms with Crippen molar-refractivity contribution in [3.05, 3.63) is 22.6 Å². The van der Waals surface area contributed by atoms with Crippen LogP contribution < -0.4 is 15.9 Å². The molecule has 32 heavy (non-hydrogen) atoms. The number of amides is 2. The maximum absolute atomic E-state index is 12.6. The lowest BCUT2D eigenvalue weighted by atomic mass is 9.77. The molecular formula is C20H26N5O5S2+. The summed E-state index contributed by atoms with van der Waals surface area (Å²) in [5, 5.41) is 20.7. The van der Waals surface area contributed by atoms with Crippen LogP contribution in [0.15, 0.2) is 17.1 Å². The molecule has 2 aliphatic rings. The number of carboxylic acid groups (broad SMARTS) is 1. The molecule has 2 amide bonds. The van der Waals surface area contributed by atoms with Gasteiger partial charge in [0, 0.05) is 17.2 Å². The molecule has 0 aromatic carbocycles. The molecule has 2 aromatic rings. The van der Waals surface area contributed by atoms with Gasteiger partial charge in [-0.05, 0) is 26.8 Å². The van der Waals surface area contributed by atoms with Crippen LogP contribution in [0.2, 0.25) is 0 Å². The van der Waals surface area contributed by atoms with Crippen LogP contribution in [0.3, 0.4) is 0 Å². The molecule has 0 spiro atoms. The molecule has 0 aliphatic carbocycles. The number of thiazole rings is 1. The molecule has 0 radical (unpaired) electrons. The number of β-lactam (4-membered cyclic amide) rings is 1. The van der Waals surface area contributed by atoms with Crippen molar-refractivity contribution in [2.75, 3.05) is 12.3 Å². The number of aliphatic hydroxyl groups is 1. The monoisotopic (exact) mass is 480 g/mol.